The smallest absolute Gasteiger partial charge is 0.189 e. The summed E-state index contributed by atoms with van der Waals surface area (Å²) in [6, 6.07) is 0. The van der Waals surface area contributed by atoms with E-state index < -0.39 is 49.5 Å². The number of hydrogen-bond donors (Lipinski definition) is 7. The Morgan fingerprint density at radius 1 is 0.875 bits per heavy atom. The molecule has 0 aromatic rings. The molecule has 5 atom stereocenters. The summed E-state index contributed by atoms with van der Waals surface area (Å²) >= 11 is 0. The first kappa shape index (κ1) is 15.4. The third-order valence-electron chi connectivity index (χ3n) is 2.09. The van der Waals surface area contributed by atoms with Gasteiger partial charge in [-0.3, -0.25) is 4.79 Å². The van der Waals surface area contributed by atoms with Crippen molar-refractivity contribution in [2.24, 2.45) is 0 Å². The van der Waals surface area contributed by atoms with Crippen molar-refractivity contribution in [1.82, 2.24) is 0 Å². The predicted octanol–water partition coefficient (Wildman–Crippen LogP) is -4.66. The van der Waals surface area contributed by atoms with Crippen molar-refractivity contribution in [3.8, 4) is 0 Å². The van der Waals surface area contributed by atoms with Gasteiger partial charge < -0.3 is 35.7 Å². The van der Waals surface area contributed by atoms with Crippen LogP contribution in [0.3, 0.4) is 0 Å². The zero-order valence-electron chi connectivity index (χ0n) is 8.34. The third kappa shape index (κ3) is 3.76. The summed E-state index contributed by atoms with van der Waals surface area (Å²) in [4.78, 5) is 10.8. The van der Waals surface area contributed by atoms with E-state index in [4.69, 9.17) is 25.5 Å². The second kappa shape index (κ2) is 6.86. The van der Waals surface area contributed by atoms with E-state index in [9.17, 15) is 15.0 Å². The lowest BCUT2D eigenvalue weighted by molar-refractivity contribution is -0.157. The fraction of sp³-hybridized carbons (Fsp3) is 0.875. The van der Waals surface area contributed by atoms with Gasteiger partial charge in [0.25, 0.3) is 0 Å². The van der Waals surface area contributed by atoms with Crippen LogP contribution in [0.25, 0.3) is 0 Å². The van der Waals surface area contributed by atoms with Crippen molar-refractivity contribution in [2.45, 2.75) is 30.5 Å². The van der Waals surface area contributed by atoms with Crippen LogP contribution in [0.2, 0.25) is 0 Å². The first-order chi connectivity index (χ1) is 7.36. The molecule has 0 saturated carbocycles. The zero-order chi connectivity index (χ0) is 12.9. The molecule has 0 fully saturated rings. The Bertz CT molecular complexity index is 220. The second-order valence-corrected chi connectivity index (χ2v) is 3.29. The van der Waals surface area contributed by atoms with Crippen LogP contribution in [0.1, 0.15) is 0 Å². The van der Waals surface area contributed by atoms with E-state index in [1.807, 2.05) is 0 Å². The van der Waals surface area contributed by atoms with Crippen LogP contribution in [0.15, 0.2) is 0 Å². The van der Waals surface area contributed by atoms with Crippen LogP contribution in [-0.4, -0.2) is 85.3 Å². The quantitative estimate of drug-likeness (QED) is 0.234. The van der Waals surface area contributed by atoms with Crippen LogP contribution in [0, 0.1) is 0 Å². The minimum absolute atomic E-state index is 0.866. The Balaban J connectivity index is 4.47. The van der Waals surface area contributed by atoms with Crippen LogP contribution < -0.4 is 0 Å². The number of rotatable bonds is 7. The zero-order valence-corrected chi connectivity index (χ0v) is 8.34. The molecule has 0 aliphatic carbocycles. The third-order valence-corrected chi connectivity index (χ3v) is 2.09. The van der Waals surface area contributed by atoms with Gasteiger partial charge >= 0.3 is 0 Å². The molecule has 8 nitrogen and oxygen atoms in total. The number of ketones is 1. The fourth-order valence-corrected chi connectivity index (χ4v) is 1.01. The van der Waals surface area contributed by atoms with Crippen molar-refractivity contribution < 1.29 is 40.5 Å². The number of Topliss-reactive ketones (excluding diaryl/α,β-unsaturated/α-hetero) is 1. The molecule has 0 spiro atoms. The molecule has 0 heterocycles. The van der Waals surface area contributed by atoms with Crippen molar-refractivity contribution in [2.75, 3.05) is 13.2 Å². The molecule has 0 aromatic carbocycles. The Hall–Kier alpha value is -0.610. The molecule has 0 rings (SSSR count). The topological polar surface area (TPSA) is 159 Å². The van der Waals surface area contributed by atoms with Crippen LogP contribution >= 0.6 is 0 Å². The number of hydrogen-bond acceptors (Lipinski definition) is 8. The van der Waals surface area contributed by atoms with Crippen molar-refractivity contribution >= 4 is 5.78 Å². The minimum Gasteiger partial charge on any atom is -0.394 e. The summed E-state index contributed by atoms with van der Waals surface area (Å²) in [6.45, 7) is -1.90. The molecular weight excluding hydrogens is 224 g/mol. The van der Waals surface area contributed by atoms with Crippen LogP contribution in [-0.2, 0) is 4.79 Å². The first-order valence-electron chi connectivity index (χ1n) is 4.51. The molecule has 0 aliphatic rings. The van der Waals surface area contributed by atoms with Gasteiger partial charge in [0.05, 0.1) is 6.61 Å². The molecule has 7 N–H and O–H groups in total. The van der Waals surface area contributed by atoms with Crippen LogP contribution in [0.4, 0.5) is 0 Å². The first-order valence-corrected chi connectivity index (χ1v) is 4.51. The van der Waals surface area contributed by atoms with Crippen molar-refractivity contribution in [1.29, 1.82) is 0 Å². The van der Waals surface area contributed by atoms with Crippen LogP contribution in [0.5, 0.6) is 0 Å². The standard InChI is InChI=1S/C8H16O8/c9-1-3(11)5(13)7(15)8(16)6(14)4(12)2-10/h3,5-11,13-16H,1-2H2/t3-,5-,6+,7+,8-/m1/s1. The van der Waals surface area contributed by atoms with E-state index in [-0.39, 0.29) is 0 Å². The van der Waals surface area contributed by atoms with Gasteiger partial charge in [0.1, 0.15) is 37.1 Å². The molecule has 16 heavy (non-hydrogen) atoms. The molecule has 0 bridgehead atoms. The highest BCUT2D eigenvalue weighted by Gasteiger charge is 2.36. The van der Waals surface area contributed by atoms with Gasteiger partial charge in [-0.15, -0.1) is 0 Å². The van der Waals surface area contributed by atoms with Gasteiger partial charge in [-0.2, -0.15) is 0 Å². The summed E-state index contributed by atoms with van der Waals surface area (Å²) in [7, 11) is 0. The Morgan fingerprint density at radius 3 is 1.75 bits per heavy atom. The minimum atomic E-state index is -2.08. The normalized spacial score (nSPS) is 20.9. The lowest BCUT2D eigenvalue weighted by atomic mass is 9.97. The summed E-state index contributed by atoms with van der Waals surface area (Å²) in [5.74, 6) is -1.14. The molecule has 0 aromatic heterocycles. The maximum absolute atomic E-state index is 10.8. The van der Waals surface area contributed by atoms with Crippen molar-refractivity contribution in [3.63, 3.8) is 0 Å². The number of aliphatic hydroxyl groups excluding tert-OH is 7. The summed E-state index contributed by atoms with van der Waals surface area (Å²) < 4.78 is 0. The van der Waals surface area contributed by atoms with Crippen molar-refractivity contribution in [3.05, 3.63) is 0 Å². The van der Waals surface area contributed by atoms with Gasteiger partial charge in [-0.05, 0) is 0 Å². The molecular formula is C8H16O8. The van der Waals surface area contributed by atoms with E-state index in [2.05, 4.69) is 0 Å². The largest absolute Gasteiger partial charge is 0.394 e. The molecule has 0 aliphatic heterocycles. The lowest BCUT2D eigenvalue weighted by Crippen LogP contribution is -2.52. The maximum Gasteiger partial charge on any atom is 0.189 e. The van der Waals surface area contributed by atoms with Gasteiger partial charge in [0, 0.05) is 0 Å². The molecule has 0 amide bonds. The van der Waals surface area contributed by atoms with Gasteiger partial charge in [0.15, 0.2) is 5.78 Å². The highest BCUT2D eigenvalue weighted by molar-refractivity contribution is 5.84. The molecule has 8 heteroatoms. The van der Waals surface area contributed by atoms with Gasteiger partial charge in [0.2, 0.25) is 0 Å². The Labute approximate surface area is 91.0 Å². The fourth-order valence-electron chi connectivity index (χ4n) is 1.01. The highest BCUT2D eigenvalue weighted by Crippen LogP contribution is 2.09. The average Bonchev–Trinajstić information content (AvgIpc) is 2.32. The molecule has 96 valence electrons. The number of carbonyl (C=O) groups is 1. The SMILES string of the molecule is O=C(CO)[C@H](O)[C@@H](O)[C@@H](O)[C@H](O)[C@H](O)CO. The highest BCUT2D eigenvalue weighted by atomic mass is 16.4. The Morgan fingerprint density at radius 2 is 1.38 bits per heavy atom. The predicted molar refractivity (Wildman–Crippen MR) is 49.2 cm³/mol. The van der Waals surface area contributed by atoms with E-state index in [0.29, 0.717) is 0 Å². The van der Waals surface area contributed by atoms with E-state index in [0.717, 1.165) is 0 Å². The Kier molecular flexibility index (Phi) is 6.60. The lowest BCUT2D eigenvalue weighted by Gasteiger charge is -2.27. The monoisotopic (exact) mass is 240 g/mol. The summed E-state index contributed by atoms with van der Waals surface area (Å²) in [5, 5.41) is 62.5. The molecule has 0 unspecified atom stereocenters. The number of carbonyl (C=O) groups excluding carboxylic acids is 1. The molecule has 0 radical (unpaired) electrons. The van der Waals surface area contributed by atoms with Gasteiger partial charge in [-0.1, -0.05) is 0 Å². The average molecular weight is 240 g/mol. The second-order valence-electron chi connectivity index (χ2n) is 3.29. The summed E-state index contributed by atoms with van der Waals surface area (Å²) in [6.07, 6.45) is -9.84. The van der Waals surface area contributed by atoms with E-state index in [1.165, 1.54) is 0 Å². The number of aliphatic hydroxyl groups is 7. The van der Waals surface area contributed by atoms with E-state index >= 15 is 0 Å². The van der Waals surface area contributed by atoms with Gasteiger partial charge in [-0.25, -0.2) is 0 Å². The molecule has 0 saturated heterocycles. The van der Waals surface area contributed by atoms with E-state index in [1.54, 1.807) is 0 Å². The maximum atomic E-state index is 10.8. The summed E-state index contributed by atoms with van der Waals surface area (Å²) in [5.41, 5.74) is 0.